The Bertz CT molecular complexity index is 183. The lowest BCUT2D eigenvalue weighted by atomic mass is 9.98. The molecule has 0 fully saturated rings. The van der Waals surface area contributed by atoms with Gasteiger partial charge in [-0.2, -0.15) is 0 Å². The Balaban J connectivity index is 3.79. The largest absolute Gasteiger partial charge is 0.381 e. The second-order valence-electron chi connectivity index (χ2n) is 4.17. The van der Waals surface area contributed by atoms with Crippen molar-refractivity contribution in [1.82, 2.24) is 5.32 Å². The molecule has 4 heteroatoms. The van der Waals surface area contributed by atoms with E-state index in [1.807, 2.05) is 0 Å². The molecule has 0 heterocycles. The number of primary amides is 1. The van der Waals surface area contributed by atoms with Crippen molar-refractivity contribution in [1.29, 1.82) is 0 Å². The van der Waals surface area contributed by atoms with E-state index in [1.165, 1.54) is 0 Å². The minimum atomic E-state index is -0.656. The lowest BCUT2D eigenvalue weighted by molar-refractivity contribution is -0.124. The first kappa shape index (κ1) is 13.4. The van der Waals surface area contributed by atoms with Gasteiger partial charge >= 0.3 is 0 Å². The molecule has 84 valence electrons. The SMILES string of the molecule is CNC(C)(CCOCC(C)C)C(N)=O. The van der Waals surface area contributed by atoms with Gasteiger partial charge < -0.3 is 15.8 Å². The molecule has 0 saturated heterocycles. The molecule has 0 bridgehead atoms. The predicted molar refractivity (Wildman–Crippen MR) is 56.9 cm³/mol. The number of nitrogens with one attached hydrogen (secondary N) is 1. The fourth-order valence-electron chi connectivity index (χ4n) is 0.967. The first-order chi connectivity index (χ1) is 6.42. The fraction of sp³-hybridized carbons (Fsp3) is 0.900. The molecule has 0 aliphatic rings. The molecule has 0 saturated carbocycles. The highest BCUT2D eigenvalue weighted by atomic mass is 16.5. The highest BCUT2D eigenvalue weighted by Crippen LogP contribution is 2.08. The minimum absolute atomic E-state index is 0.340. The quantitative estimate of drug-likeness (QED) is 0.591. The third kappa shape index (κ3) is 4.58. The summed E-state index contributed by atoms with van der Waals surface area (Å²) in [5.74, 6) is 0.178. The molecular formula is C10H22N2O2. The van der Waals surface area contributed by atoms with Gasteiger partial charge in [0.05, 0.1) is 5.54 Å². The number of hydrogen-bond acceptors (Lipinski definition) is 3. The number of carbonyl (C=O) groups is 1. The third-order valence-electron chi connectivity index (χ3n) is 2.29. The van der Waals surface area contributed by atoms with Crippen LogP contribution in [0.5, 0.6) is 0 Å². The van der Waals surface area contributed by atoms with Crippen LogP contribution in [0, 0.1) is 5.92 Å². The number of rotatable bonds is 7. The molecule has 0 aliphatic carbocycles. The van der Waals surface area contributed by atoms with E-state index in [9.17, 15) is 4.79 Å². The number of amides is 1. The van der Waals surface area contributed by atoms with E-state index in [0.29, 0.717) is 18.9 Å². The number of ether oxygens (including phenoxy) is 1. The first-order valence-electron chi connectivity index (χ1n) is 4.99. The molecule has 1 unspecified atom stereocenters. The fourth-order valence-corrected chi connectivity index (χ4v) is 0.967. The van der Waals surface area contributed by atoms with E-state index in [1.54, 1.807) is 14.0 Å². The van der Waals surface area contributed by atoms with Crippen LogP contribution in [0.15, 0.2) is 0 Å². The van der Waals surface area contributed by atoms with Crippen LogP contribution in [0.3, 0.4) is 0 Å². The Morgan fingerprint density at radius 3 is 2.50 bits per heavy atom. The molecule has 4 nitrogen and oxygen atoms in total. The zero-order valence-corrected chi connectivity index (χ0v) is 9.59. The van der Waals surface area contributed by atoms with Gasteiger partial charge in [0.1, 0.15) is 0 Å². The average molecular weight is 202 g/mol. The van der Waals surface area contributed by atoms with Crippen molar-refractivity contribution in [3.63, 3.8) is 0 Å². The topological polar surface area (TPSA) is 64.3 Å². The average Bonchev–Trinajstić information content (AvgIpc) is 2.11. The maximum Gasteiger partial charge on any atom is 0.237 e. The van der Waals surface area contributed by atoms with E-state index >= 15 is 0 Å². The molecule has 0 radical (unpaired) electrons. The molecule has 3 N–H and O–H groups in total. The number of carbonyl (C=O) groups excluding carboxylic acids is 1. The Morgan fingerprint density at radius 2 is 2.14 bits per heavy atom. The van der Waals surface area contributed by atoms with E-state index in [4.69, 9.17) is 10.5 Å². The molecule has 0 aliphatic heterocycles. The Labute approximate surface area is 86.2 Å². The predicted octanol–water partition coefficient (Wildman–Crippen LogP) is 0.513. The van der Waals surface area contributed by atoms with E-state index in [-0.39, 0.29) is 5.91 Å². The van der Waals surface area contributed by atoms with Gasteiger partial charge in [-0.25, -0.2) is 0 Å². The number of likely N-dealkylation sites (N-methyl/N-ethyl adjacent to an activating group) is 1. The molecule has 0 rings (SSSR count). The summed E-state index contributed by atoms with van der Waals surface area (Å²) in [7, 11) is 1.73. The van der Waals surface area contributed by atoms with Crippen LogP contribution in [-0.4, -0.2) is 31.7 Å². The minimum Gasteiger partial charge on any atom is -0.381 e. The van der Waals surface area contributed by atoms with E-state index < -0.39 is 5.54 Å². The standard InChI is InChI=1S/C10H22N2O2/c1-8(2)7-14-6-5-10(3,12-4)9(11)13/h8,12H,5-7H2,1-4H3,(H2,11,13). The summed E-state index contributed by atoms with van der Waals surface area (Å²) >= 11 is 0. The summed E-state index contributed by atoms with van der Waals surface area (Å²) < 4.78 is 5.39. The summed E-state index contributed by atoms with van der Waals surface area (Å²) in [6.45, 7) is 7.24. The van der Waals surface area contributed by atoms with Crippen molar-refractivity contribution in [2.45, 2.75) is 32.7 Å². The number of hydrogen-bond donors (Lipinski definition) is 2. The van der Waals surface area contributed by atoms with Crippen LogP contribution in [0.1, 0.15) is 27.2 Å². The molecule has 0 aromatic heterocycles. The molecule has 0 aromatic rings. The van der Waals surface area contributed by atoms with Crippen LogP contribution in [-0.2, 0) is 9.53 Å². The number of nitrogens with two attached hydrogens (primary N) is 1. The van der Waals surface area contributed by atoms with Gasteiger partial charge in [-0.05, 0) is 26.3 Å². The van der Waals surface area contributed by atoms with Crippen LogP contribution < -0.4 is 11.1 Å². The van der Waals surface area contributed by atoms with Gasteiger partial charge in [0.25, 0.3) is 0 Å². The van der Waals surface area contributed by atoms with Crippen LogP contribution in [0.25, 0.3) is 0 Å². The highest BCUT2D eigenvalue weighted by molar-refractivity contribution is 5.84. The normalized spacial score (nSPS) is 15.5. The van der Waals surface area contributed by atoms with Crippen LogP contribution in [0.2, 0.25) is 0 Å². The van der Waals surface area contributed by atoms with Gasteiger partial charge in [-0.1, -0.05) is 13.8 Å². The third-order valence-corrected chi connectivity index (χ3v) is 2.29. The van der Waals surface area contributed by atoms with Crippen LogP contribution >= 0.6 is 0 Å². The highest BCUT2D eigenvalue weighted by Gasteiger charge is 2.28. The summed E-state index contributed by atoms with van der Waals surface area (Å²) in [5, 5.41) is 2.91. The maximum atomic E-state index is 11.1. The molecule has 0 spiro atoms. The Hall–Kier alpha value is -0.610. The van der Waals surface area contributed by atoms with Gasteiger partial charge in [-0.3, -0.25) is 4.79 Å². The van der Waals surface area contributed by atoms with Crippen molar-refractivity contribution < 1.29 is 9.53 Å². The summed E-state index contributed by atoms with van der Waals surface area (Å²) in [5.41, 5.74) is 4.61. The van der Waals surface area contributed by atoms with E-state index in [0.717, 1.165) is 6.61 Å². The second-order valence-corrected chi connectivity index (χ2v) is 4.17. The summed E-state index contributed by atoms with van der Waals surface area (Å²) in [6, 6.07) is 0. The van der Waals surface area contributed by atoms with Gasteiger partial charge in [0.15, 0.2) is 0 Å². The van der Waals surface area contributed by atoms with E-state index in [2.05, 4.69) is 19.2 Å². The smallest absolute Gasteiger partial charge is 0.237 e. The van der Waals surface area contributed by atoms with Crippen molar-refractivity contribution in [2.75, 3.05) is 20.3 Å². The second kappa shape index (κ2) is 5.98. The zero-order valence-electron chi connectivity index (χ0n) is 9.59. The lowest BCUT2D eigenvalue weighted by Crippen LogP contribution is -2.52. The van der Waals surface area contributed by atoms with Crippen molar-refractivity contribution >= 4 is 5.91 Å². The van der Waals surface area contributed by atoms with Crippen molar-refractivity contribution in [2.24, 2.45) is 11.7 Å². The Morgan fingerprint density at radius 1 is 1.57 bits per heavy atom. The van der Waals surface area contributed by atoms with Gasteiger partial charge in [0, 0.05) is 13.2 Å². The van der Waals surface area contributed by atoms with Gasteiger partial charge in [-0.15, -0.1) is 0 Å². The molecule has 1 amide bonds. The van der Waals surface area contributed by atoms with Crippen LogP contribution in [0.4, 0.5) is 0 Å². The summed E-state index contributed by atoms with van der Waals surface area (Å²) in [4.78, 5) is 11.1. The van der Waals surface area contributed by atoms with Gasteiger partial charge in [0.2, 0.25) is 5.91 Å². The Kier molecular flexibility index (Phi) is 5.72. The lowest BCUT2D eigenvalue weighted by Gasteiger charge is -2.25. The molecule has 0 aromatic carbocycles. The molecular weight excluding hydrogens is 180 g/mol. The monoisotopic (exact) mass is 202 g/mol. The van der Waals surface area contributed by atoms with Crippen molar-refractivity contribution in [3.8, 4) is 0 Å². The molecule has 1 atom stereocenters. The maximum absolute atomic E-state index is 11.1. The summed E-state index contributed by atoms with van der Waals surface area (Å²) in [6.07, 6.45) is 0.603. The van der Waals surface area contributed by atoms with Crippen molar-refractivity contribution in [3.05, 3.63) is 0 Å². The zero-order chi connectivity index (χ0) is 11.2. The first-order valence-corrected chi connectivity index (χ1v) is 4.99. The molecule has 14 heavy (non-hydrogen) atoms.